The van der Waals surface area contributed by atoms with Crippen molar-refractivity contribution in [1.82, 2.24) is 9.91 Å². The van der Waals surface area contributed by atoms with Gasteiger partial charge in [-0.25, -0.2) is 9.80 Å². The van der Waals surface area contributed by atoms with E-state index in [9.17, 15) is 4.79 Å². The third-order valence-corrected chi connectivity index (χ3v) is 1.84. The van der Waals surface area contributed by atoms with E-state index in [4.69, 9.17) is 10.6 Å². The first-order chi connectivity index (χ1) is 5.74. The SMILES string of the molecule is CCOC(=O)N1CCN(N)CC1.Cl.Cl. The summed E-state index contributed by atoms with van der Waals surface area (Å²) < 4.78 is 4.84. The Morgan fingerprint density at radius 2 is 1.79 bits per heavy atom. The van der Waals surface area contributed by atoms with Crippen LogP contribution in [-0.4, -0.2) is 48.8 Å². The molecule has 0 aromatic heterocycles. The van der Waals surface area contributed by atoms with Crippen molar-refractivity contribution in [2.45, 2.75) is 6.92 Å². The van der Waals surface area contributed by atoms with Crippen LogP contribution in [0.3, 0.4) is 0 Å². The molecule has 0 aromatic carbocycles. The summed E-state index contributed by atoms with van der Waals surface area (Å²) in [6.45, 7) is 5.00. The van der Waals surface area contributed by atoms with Crippen LogP contribution in [0.1, 0.15) is 6.92 Å². The summed E-state index contributed by atoms with van der Waals surface area (Å²) in [5, 5.41) is 1.70. The lowest BCUT2D eigenvalue weighted by molar-refractivity contribution is 0.0799. The first-order valence-electron chi connectivity index (χ1n) is 4.15. The highest BCUT2D eigenvalue weighted by atomic mass is 35.5. The van der Waals surface area contributed by atoms with Gasteiger partial charge in [-0.05, 0) is 6.92 Å². The number of carbonyl (C=O) groups excluding carboxylic acids is 1. The molecule has 1 fully saturated rings. The number of carbonyl (C=O) groups is 1. The third-order valence-electron chi connectivity index (χ3n) is 1.84. The molecule has 0 aliphatic carbocycles. The van der Waals surface area contributed by atoms with Crippen LogP contribution in [0.25, 0.3) is 0 Å². The summed E-state index contributed by atoms with van der Waals surface area (Å²) in [5.74, 6) is 5.53. The average molecular weight is 246 g/mol. The van der Waals surface area contributed by atoms with Gasteiger partial charge < -0.3 is 9.64 Å². The Bertz CT molecular complexity index is 163. The van der Waals surface area contributed by atoms with Gasteiger partial charge in [0.15, 0.2) is 0 Å². The van der Waals surface area contributed by atoms with Gasteiger partial charge in [-0.1, -0.05) is 0 Å². The average Bonchev–Trinajstić information content (AvgIpc) is 2.06. The second-order valence-electron chi connectivity index (χ2n) is 2.72. The molecule has 7 heteroatoms. The highest BCUT2D eigenvalue weighted by Crippen LogP contribution is 1.99. The number of hydrogen-bond acceptors (Lipinski definition) is 4. The Morgan fingerprint density at radius 1 is 1.29 bits per heavy atom. The van der Waals surface area contributed by atoms with Crippen molar-refractivity contribution in [2.24, 2.45) is 5.84 Å². The minimum Gasteiger partial charge on any atom is -0.450 e. The second kappa shape index (κ2) is 8.11. The van der Waals surface area contributed by atoms with Gasteiger partial charge in [0.25, 0.3) is 0 Å². The lowest BCUT2D eigenvalue weighted by Crippen LogP contribution is -2.51. The first-order valence-corrected chi connectivity index (χ1v) is 4.15. The van der Waals surface area contributed by atoms with Gasteiger partial charge in [0.05, 0.1) is 6.61 Å². The Morgan fingerprint density at radius 3 is 2.21 bits per heavy atom. The number of ether oxygens (including phenoxy) is 1. The van der Waals surface area contributed by atoms with E-state index in [2.05, 4.69) is 0 Å². The fraction of sp³-hybridized carbons (Fsp3) is 0.857. The van der Waals surface area contributed by atoms with Crippen molar-refractivity contribution in [3.8, 4) is 0 Å². The van der Waals surface area contributed by atoms with Gasteiger partial charge in [0.1, 0.15) is 0 Å². The summed E-state index contributed by atoms with van der Waals surface area (Å²) in [6.07, 6.45) is -0.231. The lowest BCUT2D eigenvalue weighted by atomic mass is 10.4. The molecule has 0 aromatic rings. The Balaban J connectivity index is 0. The summed E-state index contributed by atoms with van der Waals surface area (Å²) >= 11 is 0. The standard InChI is InChI=1S/C7H15N3O2.2ClH/c1-2-12-7(11)9-3-5-10(8)6-4-9;;/h2-6,8H2,1H3;2*1H. The maximum absolute atomic E-state index is 11.1. The minimum atomic E-state index is -0.231. The highest BCUT2D eigenvalue weighted by molar-refractivity contribution is 5.85. The maximum atomic E-state index is 11.1. The molecular formula is C7H17Cl2N3O2. The predicted molar refractivity (Wildman–Crippen MR) is 58.9 cm³/mol. The summed E-state index contributed by atoms with van der Waals surface area (Å²) in [5.41, 5.74) is 0. The number of hydrazine groups is 1. The van der Waals surface area contributed by atoms with E-state index in [-0.39, 0.29) is 30.9 Å². The molecule has 0 saturated carbocycles. The van der Waals surface area contributed by atoms with Crippen LogP contribution in [0, 0.1) is 0 Å². The largest absolute Gasteiger partial charge is 0.450 e. The number of hydrogen-bond donors (Lipinski definition) is 1. The summed E-state index contributed by atoms with van der Waals surface area (Å²) in [6, 6.07) is 0. The van der Waals surface area contributed by atoms with Gasteiger partial charge >= 0.3 is 6.09 Å². The van der Waals surface area contributed by atoms with Gasteiger partial charge in [-0.15, -0.1) is 24.8 Å². The van der Waals surface area contributed by atoms with E-state index in [1.165, 1.54) is 0 Å². The molecule has 14 heavy (non-hydrogen) atoms. The van der Waals surface area contributed by atoms with E-state index in [0.717, 1.165) is 13.1 Å². The van der Waals surface area contributed by atoms with Crippen LogP contribution in [0.4, 0.5) is 4.79 Å². The molecule has 0 bridgehead atoms. The molecule has 1 aliphatic rings. The summed E-state index contributed by atoms with van der Waals surface area (Å²) in [4.78, 5) is 12.8. The number of rotatable bonds is 1. The van der Waals surface area contributed by atoms with Gasteiger partial charge in [-0.3, -0.25) is 5.84 Å². The minimum absolute atomic E-state index is 0. The fourth-order valence-corrected chi connectivity index (χ4v) is 1.12. The topological polar surface area (TPSA) is 58.8 Å². The summed E-state index contributed by atoms with van der Waals surface area (Å²) in [7, 11) is 0. The Labute approximate surface area is 96.3 Å². The number of piperazine rings is 1. The smallest absolute Gasteiger partial charge is 0.409 e. The molecule has 0 atom stereocenters. The van der Waals surface area contributed by atoms with Crippen LogP contribution in [0.2, 0.25) is 0 Å². The zero-order valence-corrected chi connectivity index (χ0v) is 9.77. The van der Waals surface area contributed by atoms with Crippen molar-refractivity contribution in [3.05, 3.63) is 0 Å². The first kappa shape index (κ1) is 16.2. The number of nitrogens with zero attached hydrogens (tertiary/aromatic N) is 2. The van der Waals surface area contributed by atoms with E-state index in [1.54, 1.807) is 16.8 Å². The third kappa shape index (κ3) is 4.85. The van der Waals surface area contributed by atoms with Crippen LogP contribution in [0.15, 0.2) is 0 Å². The molecule has 5 nitrogen and oxygen atoms in total. The zero-order chi connectivity index (χ0) is 8.97. The number of halogens is 2. The molecule has 1 amide bonds. The highest BCUT2D eigenvalue weighted by Gasteiger charge is 2.19. The molecule has 1 rings (SSSR count). The normalized spacial score (nSPS) is 16.6. The Hall–Kier alpha value is -0.230. The van der Waals surface area contributed by atoms with Crippen molar-refractivity contribution in [1.29, 1.82) is 0 Å². The van der Waals surface area contributed by atoms with Gasteiger partial charge in [0.2, 0.25) is 0 Å². The fourth-order valence-electron chi connectivity index (χ4n) is 1.12. The monoisotopic (exact) mass is 245 g/mol. The van der Waals surface area contributed by atoms with E-state index < -0.39 is 0 Å². The van der Waals surface area contributed by atoms with Crippen LogP contribution < -0.4 is 5.84 Å². The molecule has 1 heterocycles. The van der Waals surface area contributed by atoms with E-state index >= 15 is 0 Å². The van der Waals surface area contributed by atoms with E-state index in [0.29, 0.717) is 19.7 Å². The predicted octanol–water partition coefficient (Wildman–Crippen LogP) is 0.478. The molecule has 2 N–H and O–H groups in total. The zero-order valence-electron chi connectivity index (χ0n) is 8.14. The van der Waals surface area contributed by atoms with Crippen LogP contribution in [-0.2, 0) is 4.74 Å². The molecule has 0 unspecified atom stereocenters. The van der Waals surface area contributed by atoms with Gasteiger partial charge in [-0.2, -0.15) is 0 Å². The molecule has 1 aliphatic heterocycles. The van der Waals surface area contributed by atoms with Crippen molar-refractivity contribution < 1.29 is 9.53 Å². The Kier molecular flexibility index (Phi) is 9.39. The van der Waals surface area contributed by atoms with Crippen molar-refractivity contribution in [2.75, 3.05) is 32.8 Å². The van der Waals surface area contributed by atoms with Crippen LogP contribution in [0.5, 0.6) is 0 Å². The second-order valence-corrected chi connectivity index (χ2v) is 2.72. The van der Waals surface area contributed by atoms with Gasteiger partial charge in [0, 0.05) is 26.2 Å². The lowest BCUT2D eigenvalue weighted by Gasteiger charge is -2.30. The number of nitrogens with two attached hydrogens (primary N) is 1. The molecule has 0 spiro atoms. The molecule has 1 saturated heterocycles. The maximum Gasteiger partial charge on any atom is 0.409 e. The van der Waals surface area contributed by atoms with Crippen molar-refractivity contribution in [3.63, 3.8) is 0 Å². The van der Waals surface area contributed by atoms with E-state index in [1.807, 2.05) is 0 Å². The number of amides is 1. The molecule has 0 radical (unpaired) electrons. The van der Waals surface area contributed by atoms with Crippen molar-refractivity contribution >= 4 is 30.9 Å². The van der Waals surface area contributed by atoms with Crippen LogP contribution >= 0.6 is 24.8 Å². The molecular weight excluding hydrogens is 229 g/mol. The molecule has 86 valence electrons. The quantitative estimate of drug-likeness (QED) is 0.683.